The monoisotopic (exact) mass is 393 g/mol. The van der Waals surface area contributed by atoms with Crippen molar-refractivity contribution in [2.75, 3.05) is 36.0 Å². The van der Waals surface area contributed by atoms with Gasteiger partial charge in [-0.2, -0.15) is 0 Å². The summed E-state index contributed by atoms with van der Waals surface area (Å²) in [4.78, 5) is 9.70. The Morgan fingerprint density at radius 1 is 0.931 bits per heavy atom. The summed E-state index contributed by atoms with van der Waals surface area (Å²) in [6.07, 6.45) is 8.47. The van der Waals surface area contributed by atoms with Gasteiger partial charge in [0.1, 0.15) is 5.82 Å². The fourth-order valence-corrected chi connectivity index (χ4v) is 4.29. The van der Waals surface area contributed by atoms with Crippen LogP contribution in [0, 0.1) is 0 Å². The first-order valence-electron chi connectivity index (χ1n) is 11.6. The Morgan fingerprint density at radius 2 is 1.62 bits per heavy atom. The highest BCUT2D eigenvalue weighted by molar-refractivity contribution is 5.48. The van der Waals surface area contributed by atoms with Crippen LogP contribution < -0.4 is 9.80 Å². The lowest BCUT2D eigenvalue weighted by molar-refractivity contribution is 0.572. The second-order valence-corrected chi connectivity index (χ2v) is 8.87. The van der Waals surface area contributed by atoms with E-state index in [4.69, 9.17) is 4.98 Å². The van der Waals surface area contributed by atoms with Crippen LogP contribution in [-0.2, 0) is 0 Å². The van der Waals surface area contributed by atoms with Crippen LogP contribution in [0.1, 0.15) is 82.8 Å². The molecule has 1 atom stereocenters. The van der Waals surface area contributed by atoms with E-state index >= 15 is 0 Å². The quantitative estimate of drug-likeness (QED) is 0.478. The van der Waals surface area contributed by atoms with Gasteiger partial charge in [-0.15, -0.1) is 0 Å². The van der Waals surface area contributed by atoms with Gasteiger partial charge in [-0.25, -0.2) is 4.98 Å². The molecule has 0 radical (unpaired) electrons. The third-order valence-corrected chi connectivity index (χ3v) is 6.39. The van der Waals surface area contributed by atoms with Crippen LogP contribution in [0.25, 0.3) is 0 Å². The first-order valence-corrected chi connectivity index (χ1v) is 11.6. The number of piperidine rings is 1. The van der Waals surface area contributed by atoms with Crippen LogP contribution in [0.4, 0.5) is 11.5 Å². The Kier molecular flexibility index (Phi) is 7.97. The minimum Gasteiger partial charge on any atom is -0.372 e. The third kappa shape index (κ3) is 5.98. The lowest BCUT2D eigenvalue weighted by atomic mass is 9.97. The standard InChI is InChI=1S/C26H39N3/c1-5-28(25-14-11-23(12-15-25)21(2)3)19-9-10-22(4)24-13-16-26(27-20-24)29-17-7-6-8-18-29/h11-16,20-22H,5-10,17-19H2,1-4H3. The van der Waals surface area contributed by atoms with Crippen molar-refractivity contribution in [2.45, 2.75) is 71.6 Å². The molecule has 1 aliphatic heterocycles. The summed E-state index contributed by atoms with van der Waals surface area (Å²) < 4.78 is 0. The van der Waals surface area contributed by atoms with Gasteiger partial charge < -0.3 is 9.80 Å². The summed E-state index contributed by atoms with van der Waals surface area (Å²) in [6, 6.07) is 13.6. The van der Waals surface area contributed by atoms with Crippen molar-refractivity contribution >= 4 is 11.5 Å². The molecule has 1 fully saturated rings. The first-order chi connectivity index (χ1) is 14.1. The minimum absolute atomic E-state index is 0.555. The van der Waals surface area contributed by atoms with Crippen LogP contribution in [0.5, 0.6) is 0 Å². The van der Waals surface area contributed by atoms with E-state index in [1.807, 2.05) is 0 Å². The van der Waals surface area contributed by atoms with Crippen LogP contribution in [0.15, 0.2) is 42.6 Å². The van der Waals surface area contributed by atoms with Gasteiger partial charge in [0.15, 0.2) is 0 Å². The molecule has 1 aromatic heterocycles. The Hall–Kier alpha value is -2.03. The first kappa shape index (κ1) is 21.7. The molecule has 1 aromatic carbocycles. The zero-order valence-corrected chi connectivity index (χ0v) is 18.9. The van der Waals surface area contributed by atoms with Crippen molar-refractivity contribution in [3.8, 4) is 0 Å². The molecule has 3 nitrogen and oxygen atoms in total. The molecular weight excluding hydrogens is 354 g/mol. The van der Waals surface area contributed by atoms with Crippen LogP contribution in [0.2, 0.25) is 0 Å². The number of hydrogen-bond acceptors (Lipinski definition) is 3. The van der Waals surface area contributed by atoms with Crippen molar-refractivity contribution < 1.29 is 0 Å². The molecular formula is C26H39N3. The maximum atomic E-state index is 4.77. The predicted octanol–water partition coefficient (Wildman–Crippen LogP) is 6.61. The molecule has 3 heteroatoms. The Morgan fingerprint density at radius 3 is 2.21 bits per heavy atom. The summed E-state index contributed by atoms with van der Waals surface area (Å²) in [5.41, 5.74) is 4.13. The molecule has 158 valence electrons. The van der Waals surface area contributed by atoms with E-state index in [1.165, 1.54) is 48.9 Å². The number of anilines is 2. The van der Waals surface area contributed by atoms with E-state index < -0.39 is 0 Å². The maximum absolute atomic E-state index is 4.77. The average Bonchev–Trinajstić information content (AvgIpc) is 2.77. The van der Waals surface area contributed by atoms with Crippen molar-refractivity contribution in [3.05, 3.63) is 53.7 Å². The molecule has 1 unspecified atom stereocenters. The normalized spacial score (nSPS) is 15.6. The molecule has 0 N–H and O–H groups in total. The molecule has 1 aliphatic rings. The average molecular weight is 394 g/mol. The highest BCUT2D eigenvalue weighted by atomic mass is 15.2. The van der Waals surface area contributed by atoms with Crippen LogP contribution >= 0.6 is 0 Å². The predicted molar refractivity (Wildman–Crippen MR) is 126 cm³/mol. The summed E-state index contributed by atoms with van der Waals surface area (Å²) in [5.74, 6) is 2.30. The number of nitrogens with zero attached hydrogens (tertiary/aromatic N) is 3. The van der Waals surface area contributed by atoms with E-state index in [0.29, 0.717) is 11.8 Å². The largest absolute Gasteiger partial charge is 0.372 e. The smallest absolute Gasteiger partial charge is 0.128 e. The van der Waals surface area contributed by atoms with Crippen molar-refractivity contribution in [2.24, 2.45) is 0 Å². The molecule has 1 saturated heterocycles. The molecule has 0 aliphatic carbocycles. The molecule has 0 spiro atoms. The molecule has 2 heterocycles. The fraction of sp³-hybridized carbons (Fsp3) is 0.577. The summed E-state index contributed by atoms with van der Waals surface area (Å²) in [7, 11) is 0. The van der Waals surface area contributed by atoms with Crippen molar-refractivity contribution in [3.63, 3.8) is 0 Å². The SMILES string of the molecule is CCN(CCCC(C)c1ccc(N2CCCCC2)nc1)c1ccc(C(C)C)cc1. The zero-order chi connectivity index (χ0) is 20.6. The Labute approximate surface area is 178 Å². The van der Waals surface area contributed by atoms with E-state index in [9.17, 15) is 0 Å². The van der Waals surface area contributed by atoms with E-state index in [-0.39, 0.29) is 0 Å². The minimum atomic E-state index is 0.555. The topological polar surface area (TPSA) is 19.4 Å². The lowest BCUT2D eigenvalue weighted by Crippen LogP contribution is -2.30. The van der Waals surface area contributed by atoms with Crippen LogP contribution in [0.3, 0.4) is 0 Å². The maximum Gasteiger partial charge on any atom is 0.128 e. The van der Waals surface area contributed by atoms with E-state index in [2.05, 4.69) is 80.1 Å². The van der Waals surface area contributed by atoms with Crippen molar-refractivity contribution in [1.29, 1.82) is 0 Å². The van der Waals surface area contributed by atoms with Gasteiger partial charge in [0.05, 0.1) is 0 Å². The molecule has 0 saturated carbocycles. The molecule has 2 aromatic rings. The molecule has 29 heavy (non-hydrogen) atoms. The number of benzene rings is 1. The number of aromatic nitrogens is 1. The second kappa shape index (κ2) is 10.7. The lowest BCUT2D eigenvalue weighted by Gasteiger charge is -2.28. The van der Waals surface area contributed by atoms with Gasteiger partial charge in [-0.1, -0.05) is 39.0 Å². The van der Waals surface area contributed by atoms with E-state index in [1.54, 1.807) is 0 Å². The van der Waals surface area contributed by atoms with Gasteiger partial charge >= 0.3 is 0 Å². The highest BCUT2D eigenvalue weighted by Crippen LogP contribution is 2.25. The van der Waals surface area contributed by atoms with Crippen molar-refractivity contribution in [1.82, 2.24) is 4.98 Å². The number of hydrogen-bond donors (Lipinski definition) is 0. The number of pyridine rings is 1. The van der Waals surface area contributed by atoms with Gasteiger partial charge in [0.2, 0.25) is 0 Å². The van der Waals surface area contributed by atoms with Gasteiger partial charge in [0.25, 0.3) is 0 Å². The summed E-state index contributed by atoms with van der Waals surface area (Å²) in [5, 5.41) is 0. The van der Waals surface area contributed by atoms with E-state index in [0.717, 1.165) is 32.0 Å². The molecule has 0 amide bonds. The fourth-order valence-electron chi connectivity index (χ4n) is 4.29. The Bertz CT molecular complexity index is 715. The third-order valence-electron chi connectivity index (χ3n) is 6.39. The summed E-state index contributed by atoms with van der Waals surface area (Å²) >= 11 is 0. The highest BCUT2D eigenvalue weighted by Gasteiger charge is 2.13. The molecule has 0 bridgehead atoms. The second-order valence-electron chi connectivity index (χ2n) is 8.87. The number of rotatable bonds is 9. The molecule has 3 rings (SSSR count). The van der Waals surface area contributed by atoms with Crippen LogP contribution in [-0.4, -0.2) is 31.2 Å². The van der Waals surface area contributed by atoms with Gasteiger partial charge in [-0.3, -0.25) is 0 Å². The zero-order valence-electron chi connectivity index (χ0n) is 18.9. The Balaban J connectivity index is 1.49. The van der Waals surface area contributed by atoms with Gasteiger partial charge in [0, 0.05) is 38.1 Å². The summed E-state index contributed by atoms with van der Waals surface area (Å²) in [6.45, 7) is 13.6. The van der Waals surface area contributed by atoms with Gasteiger partial charge in [-0.05, 0) is 80.2 Å².